The van der Waals surface area contributed by atoms with Gasteiger partial charge < -0.3 is 29.9 Å². The molecule has 0 unspecified atom stereocenters. The summed E-state index contributed by atoms with van der Waals surface area (Å²) in [6.45, 7) is 13.1. The summed E-state index contributed by atoms with van der Waals surface area (Å²) in [6.07, 6.45) is 1.64. The van der Waals surface area contributed by atoms with E-state index in [0.717, 1.165) is 45.0 Å². The Morgan fingerprint density at radius 1 is 1.07 bits per heavy atom. The number of likely N-dealkylation sites (N-methyl/N-ethyl adjacent to an activating group) is 1. The fourth-order valence-corrected chi connectivity index (χ4v) is 2.38. The molecule has 0 saturated heterocycles. The number of nitrogens with zero attached hydrogens (tertiary/aromatic N) is 3. The highest BCUT2D eigenvalue weighted by atomic mass is 16.6. The van der Waals surface area contributed by atoms with Crippen molar-refractivity contribution in [3.05, 3.63) is 0 Å². The van der Waals surface area contributed by atoms with E-state index in [4.69, 9.17) is 9.47 Å². The summed E-state index contributed by atoms with van der Waals surface area (Å²) in [5.74, 6) is 0.737. The number of ether oxygens (including phenoxy) is 2. The number of rotatable bonds is 12. The summed E-state index contributed by atoms with van der Waals surface area (Å²) in [4.78, 5) is 20.5. The standard InChI is InChI=1S/C19H41N5O3/c1-8-12-24(18(25)27-19(2,3)4)15-11-22-17(20-5)21-10-14-23(6)13-9-16-26-7/h8-16H2,1-7H3,(H2,20,21,22). The molecule has 0 atom stereocenters. The van der Waals surface area contributed by atoms with Crippen LogP contribution in [0.1, 0.15) is 40.5 Å². The van der Waals surface area contributed by atoms with Crippen LogP contribution in [-0.4, -0.2) is 94.5 Å². The molecule has 0 aliphatic heterocycles. The van der Waals surface area contributed by atoms with Crippen molar-refractivity contribution in [3.63, 3.8) is 0 Å². The van der Waals surface area contributed by atoms with Gasteiger partial charge in [-0.1, -0.05) is 6.92 Å². The molecule has 0 aromatic heterocycles. The molecule has 0 heterocycles. The number of methoxy groups -OCH3 is 1. The van der Waals surface area contributed by atoms with Gasteiger partial charge in [0.15, 0.2) is 5.96 Å². The van der Waals surface area contributed by atoms with Crippen LogP contribution >= 0.6 is 0 Å². The van der Waals surface area contributed by atoms with Crippen LogP contribution in [0.3, 0.4) is 0 Å². The minimum Gasteiger partial charge on any atom is -0.444 e. The molecule has 0 radical (unpaired) electrons. The second kappa shape index (κ2) is 14.5. The molecule has 8 heteroatoms. The third kappa shape index (κ3) is 14.2. The van der Waals surface area contributed by atoms with E-state index in [1.165, 1.54) is 0 Å². The molecule has 0 aliphatic carbocycles. The first kappa shape index (κ1) is 25.5. The molecule has 1 amide bonds. The number of hydrogen-bond acceptors (Lipinski definition) is 5. The normalized spacial score (nSPS) is 12.2. The molecular weight excluding hydrogens is 346 g/mol. The Labute approximate surface area is 165 Å². The Morgan fingerprint density at radius 3 is 2.22 bits per heavy atom. The topological polar surface area (TPSA) is 78.4 Å². The average molecular weight is 388 g/mol. The molecule has 0 aromatic carbocycles. The summed E-state index contributed by atoms with van der Waals surface area (Å²) < 4.78 is 10.5. The minimum atomic E-state index is -0.483. The van der Waals surface area contributed by atoms with Crippen LogP contribution in [0, 0.1) is 0 Å². The number of hydrogen-bond donors (Lipinski definition) is 2. The zero-order valence-electron chi connectivity index (χ0n) is 18.4. The van der Waals surface area contributed by atoms with Crippen LogP contribution in [-0.2, 0) is 9.47 Å². The van der Waals surface area contributed by atoms with Crippen molar-refractivity contribution < 1.29 is 14.3 Å². The van der Waals surface area contributed by atoms with Gasteiger partial charge in [-0.2, -0.15) is 0 Å². The van der Waals surface area contributed by atoms with Gasteiger partial charge in [0.1, 0.15) is 5.60 Å². The maximum Gasteiger partial charge on any atom is 0.410 e. The molecular formula is C19H41N5O3. The maximum absolute atomic E-state index is 12.3. The van der Waals surface area contributed by atoms with Crippen molar-refractivity contribution in [2.24, 2.45) is 4.99 Å². The van der Waals surface area contributed by atoms with Crippen LogP contribution < -0.4 is 10.6 Å². The highest BCUT2D eigenvalue weighted by Crippen LogP contribution is 2.10. The van der Waals surface area contributed by atoms with Gasteiger partial charge in [-0.15, -0.1) is 0 Å². The highest BCUT2D eigenvalue weighted by Gasteiger charge is 2.21. The van der Waals surface area contributed by atoms with E-state index in [9.17, 15) is 4.79 Å². The Balaban J connectivity index is 4.19. The highest BCUT2D eigenvalue weighted by molar-refractivity contribution is 5.79. The lowest BCUT2D eigenvalue weighted by molar-refractivity contribution is 0.0253. The molecule has 160 valence electrons. The lowest BCUT2D eigenvalue weighted by atomic mass is 10.2. The average Bonchev–Trinajstić information content (AvgIpc) is 2.58. The summed E-state index contributed by atoms with van der Waals surface area (Å²) in [6, 6.07) is 0. The smallest absolute Gasteiger partial charge is 0.410 e. The molecule has 0 spiro atoms. The second-order valence-electron chi connectivity index (χ2n) is 7.54. The van der Waals surface area contributed by atoms with E-state index < -0.39 is 5.60 Å². The lowest BCUT2D eigenvalue weighted by Gasteiger charge is -2.27. The molecule has 27 heavy (non-hydrogen) atoms. The monoisotopic (exact) mass is 387 g/mol. The number of aliphatic imine (C=N–C) groups is 1. The Kier molecular flexibility index (Phi) is 13.7. The number of guanidine groups is 1. The predicted molar refractivity (Wildman–Crippen MR) is 111 cm³/mol. The summed E-state index contributed by atoms with van der Waals surface area (Å²) in [7, 11) is 5.56. The second-order valence-corrected chi connectivity index (χ2v) is 7.54. The van der Waals surface area contributed by atoms with E-state index in [0.29, 0.717) is 19.6 Å². The summed E-state index contributed by atoms with van der Waals surface area (Å²) >= 11 is 0. The van der Waals surface area contributed by atoms with Gasteiger partial charge in [0, 0.05) is 60.0 Å². The molecule has 0 aliphatic rings. The van der Waals surface area contributed by atoms with E-state index in [1.54, 1.807) is 19.1 Å². The van der Waals surface area contributed by atoms with Crippen molar-refractivity contribution in [3.8, 4) is 0 Å². The first-order valence-electron chi connectivity index (χ1n) is 9.83. The van der Waals surface area contributed by atoms with Crippen LogP contribution in [0.4, 0.5) is 4.79 Å². The minimum absolute atomic E-state index is 0.271. The largest absolute Gasteiger partial charge is 0.444 e. The SMILES string of the molecule is CCCN(CCNC(=NC)NCCN(C)CCCOC)C(=O)OC(C)(C)C. The third-order valence-corrected chi connectivity index (χ3v) is 3.72. The number of carbonyl (C=O) groups is 1. The van der Waals surface area contributed by atoms with Crippen molar-refractivity contribution in [1.29, 1.82) is 0 Å². The zero-order valence-corrected chi connectivity index (χ0v) is 18.4. The molecule has 0 bridgehead atoms. The van der Waals surface area contributed by atoms with Crippen LogP contribution in [0.2, 0.25) is 0 Å². The fraction of sp³-hybridized carbons (Fsp3) is 0.895. The number of carbonyl (C=O) groups excluding carboxylic acids is 1. The molecule has 0 rings (SSSR count). The third-order valence-electron chi connectivity index (χ3n) is 3.72. The van der Waals surface area contributed by atoms with E-state index >= 15 is 0 Å². The number of amides is 1. The van der Waals surface area contributed by atoms with E-state index in [1.807, 2.05) is 20.8 Å². The van der Waals surface area contributed by atoms with E-state index in [-0.39, 0.29) is 6.09 Å². The quantitative estimate of drug-likeness (QED) is 0.302. The lowest BCUT2D eigenvalue weighted by Crippen LogP contribution is -2.45. The van der Waals surface area contributed by atoms with Gasteiger partial charge in [-0.3, -0.25) is 4.99 Å². The molecule has 0 saturated carbocycles. The van der Waals surface area contributed by atoms with Gasteiger partial charge in [0.05, 0.1) is 0 Å². The summed E-state index contributed by atoms with van der Waals surface area (Å²) in [5.41, 5.74) is -0.483. The predicted octanol–water partition coefficient (Wildman–Crippen LogP) is 1.77. The first-order valence-corrected chi connectivity index (χ1v) is 9.83. The van der Waals surface area contributed by atoms with Gasteiger partial charge in [-0.25, -0.2) is 4.79 Å². The molecule has 0 fully saturated rings. The van der Waals surface area contributed by atoms with Crippen LogP contribution in [0.25, 0.3) is 0 Å². The van der Waals surface area contributed by atoms with Gasteiger partial charge in [-0.05, 0) is 40.7 Å². The molecule has 0 aromatic rings. The fourth-order valence-electron chi connectivity index (χ4n) is 2.38. The van der Waals surface area contributed by atoms with E-state index in [2.05, 4.69) is 34.5 Å². The van der Waals surface area contributed by atoms with Crippen molar-refractivity contribution in [2.45, 2.75) is 46.1 Å². The number of nitrogens with one attached hydrogen (secondary N) is 2. The van der Waals surface area contributed by atoms with Gasteiger partial charge in [0.25, 0.3) is 0 Å². The summed E-state index contributed by atoms with van der Waals surface area (Å²) in [5, 5.41) is 6.55. The molecule has 8 nitrogen and oxygen atoms in total. The van der Waals surface area contributed by atoms with Crippen molar-refractivity contribution in [1.82, 2.24) is 20.4 Å². The maximum atomic E-state index is 12.3. The molecule has 2 N–H and O–H groups in total. The Bertz CT molecular complexity index is 424. The first-order chi connectivity index (χ1) is 12.7. The zero-order chi connectivity index (χ0) is 20.7. The van der Waals surface area contributed by atoms with Crippen molar-refractivity contribution >= 4 is 12.1 Å². The van der Waals surface area contributed by atoms with Gasteiger partial charge in [0.2, 0.25) is 0 Å². The van der Waals surface area contributed by atoms with Crippen molar-refractivity contribution in [2.75, 3.05) is 67.1 Å². The van der Waals surface area contributed by atoms with Crippen LogP contribution in [0.5, 0.6) is 0 Å². The Morgan fingerprint density at radius 2 is 1.70 bits per heavy atom. The Hall–Kier alpha value is -1.54. The van der Waals surface area contributed by atoms with Crippen LogP contribution in [0.15, 0.2) is 4.99 Å². The van der Waals surface area contributed by atoms with Gasteiger partial charge >= 0.3 is 6.09 Å².